The molecule has 0 spiro atoms. The maximum absolute atomic E-state index is 5.93. The lowest BCUT2D eigenvalue weighted by Crippen LogP contribution is -1.90. The number of hydrogen-bond acceptors (Lipinski definition) is 5. The molecule has 0 aliphatic rings. The lowest BCUT2D eigenvalue weighted by Gasteiger charge is -2.01. The number of fused-ring (bicyclic) bond motifs is 2. The molecule has 0 amide bonds. The van der Waals surface area contributed by atoms with Gasteiger partial charge in [-0.25, -0.2) is 4.98 Å². The predicted molar refractivity (Wildman–Crippen MR) is 89.7 cm³/mol. The van der Waals surface area contributed by atoms with E-state index in [1.807, 2.05) is 24.3 Å². The highest BCUT2D eigenvalue weighted by Crippen LogP contribution is 2.35. The third kappa shape index (κ3) is 1.94. The molecule has 0 unspecified atom stereocenters. The zero-order valence-corrected chi connectivity index (χ0v) is 12.9. The van der Waals surface area contributed by atoms with E-state index in [4.69, 9.17) is 10.2 Å². The molecule has 5 nitrogen and oxygen atoms in total. The molecular weight excluding hydrogens is 379 g/mol. The Hall–Kier alpha value is -2.22. The van der Waals surface area contributed by atoms with E-state index in [1.165, 1.54) is 0 Å². The summed E-state index contributed by atoms with van der Waals surface area (Å²) in [5.74, 6) is 1.15. The number of furan rings is 1. The average Bonchev–Trinajstić information content (AvgIpc) is 2.97. The molecule has 4 rings (SSSR count). The smallest absolute Gasteiger partial charge is 0.177 e. The molecule has 0 atom stereocenters. The van der Waals surface area contributed by atoms with Gasteiger partial charge in [0.15, 0.2) is 11.4 Å². The monoisotopic (exact) mass is 388 g/mol. The van der Waals surface area contributed by atoms with Crippen LogP contribution in [0.2, 0.25) is 0 Å². The van der Waals surface area contributed by atoms with Crippen molar-refractivity contribution in [2.75, 3.05) is 5.73 Å². The van der Waals surface area contributed by atoms with E-state index >= 15 is 0 Å². The molecule has 6 heteroatoms. The Balaban J connectivity index is 2.05. The lowest BCUT2D eigenvalue weighted by atomic mass is 10.1. The van der Waals surface area contributed by atoms with Crippen molar-refractivity contribution in [2.24, 2.45) is 0 Å². The van der Waals surface area contributed by atoms with Crippen molar-refractivity contribution in [3.63, 3.8) is 0 Å². The SMILES string of the molecule is Nc1ncc(I)c2cc(-c3cccc4cnncc34)oc12. The summed E-state index contributed by atoms with van der Waals surface area (Å²) in [5, 5.41) is 10.8. The van der Waals surface area contributed by atoms with Crippen LogP contribution in [-0.4, -0.2) is 15.2 Å². The number of pyridine rings is 1. The fourth-order valence-corrected chi connectivity index (χ4v) is 2.93. The number of halogens is 1. The first-order valence-corrected chi connectivity index (χ1v) is 7.35. The number of nitrogen functional groups attached to an aromatic ring is 1. The van der Waals surface area contributed by atoms with Crippen molar-refractivity contribution in [1.82, 2.24) is 15.2 Å². The zero-order valence-electron chi connectivity index (χ0n) is 10.7. The molecule has 0 fully saturated rings. The Morgan fingerprint density at radius 3 is 2.76 bits per heavy atom. The number of benzene rings is 1. The highest BCUT2D eigenvalue weighted by atomic mass is 127. The van der Waals surface area contributed by atoms with Gasteiger partial charge in [-0.15, -0.1) is 0 Å². The summed E-state index contributed by atoms with van der Waals surface area (Å²) in [7, 11) is 0. The summed E-state index contributed by atoms with van der Waals surface area (Å²) in [4.78, 5) is 4.13. The van der Waals surface area contributed by atoms with Gasteiger partial charge in [0, 0.05) is 31.5 Å². The molecule has 1 aromatic carbocycles. The second kappa shape index (κ2) is 4.66. The lowest BCUT2D eigenvalue weighted by molar-refractivity contribution is 0.632. The van der Waals surface area contributed by atoms with Gasteiger partial charge in [-0.2, -0.15) is 10.2 Å². The Kier molecular flexibility index (Phi) is 2.78. The van der Waals surface area contributed by atoms with Gasteiger partial charge in [-0.3, -0.25) is 0 Å². The number of nitrogens with zero attached hydrogens (tertiary/aromatic N) is 3. The van der Waals surface area contributed by atoms with Crippen molar-refractivity contribution in [2.45, 2.75) is 0 Å². The Morgan fingerprint density at radius 2 is 1.90 bits per heavy atom. The molecule has 21 heavy (non-hydrogen) atoms. The molecule has 0 bridgehead atoms. The zero-order chi connectivity index (χ0) is 14.4. The maximum atomic E-state index is 5.93. The first-order chi connectivity index (χ1) is 10.2. The van der Waals surface area contributed by atoms with Crippen LogP contribution in [0.3, 0.4) is 0 Å². The van der Waals surface area contributed by atoms with Crippen LogP contribution in [0.1, 0.15) is 0 Å². The minimum Gasteiger partial charge on any atom is -0.452 e. The summed E-state index contributed by atoms with van der Waals surface area (Å²) in [6.45, 7) is 0. The highest BCUT2D eigenvalue weighted by molar-refractivity contribution is 14.1. The van der Waals surface area contributed by atoms with Crippen LogP contribution in [0.25, 0.3) is 33.1 Å². The van der Waals surface area contributed by atoms with Gasteiger partial charge in [0.05, 0.1) is 12.4 Å². The van der Waals surface area contributed by atoms with Gasteiger partial charge in [0.25, 0.3) is 0 Å². The second-order valence-corrected chi connectivity index (χ2v) is 5.80. The summed E-state index contributed by atoms with van der Waals surface area (Å²) < 4.78 is 6.94. The van der Waals surface area contributed by atoms with Crippen LogP contribution < -0.4 is 5.73 Å². The highest BCUT2D eigenvalue weighted by Gasteiger charge is 2.14. The normalized spacial score (nSPS) is 11.3. The van der Waals surface area contributed by atoms with Crippen LogP contribution in [0.15, 0.2) is 47.3 Å². The molecule has 2 N–H and O–H groups in total. The Bertz CT molecular complexity index is 936. The second-order valence-electron chi connectivity index (χ2n) is 4.64. The quantitative estimate of drug-likeness (QED) is 0.504. The van der Waals surface area contributed by atoms with Crippen LogP contribution in [0, 0.1) is 3.57 Å². The van der Waals surface area contributed by atoms with E-state index < -0.39 is 0 Å². The Morgan fingerprint density at radius 1 is 1.05 bits per heavy atom. The topological polar surface area (TPSA) is 77.8 Å². The van der Waals surface area contributed by atoms with Gasteiger partial charge in [-0.1, -0.05) is 18.2 Å². The molecule has 0 aliphatic heterocycles. The van der Waals surface area contributed by atoms with E-state index in [0.29, 0.717) is 11.4 Å². The maximum Gasteiger partial charge on any atom is 0.177 e. The van der Waals surface area contributed by atoms with Gasteiger partial charge in [0.1, 0.15) is 5.76 Å². The largest absolute Gasteiger partial charge is 0.452 e. The molecule has 3 heterocycles. The minimum absolute atomic E-state index is 0.400. The summed E-state index contributed by atoms with van der Waals surface area (Å²) in [6.07, 6.45) is 5.22. The molecule has 0 aliphatic carbocycles. The summed E-state index contributed by atoms with van der Waals surface area (Å²) >= 11 is 2.23. The molecule has 3 aromatic heterocycles. The van der Waals surface area contributed by atoms with Gasteiger partial charge in [0.2, 0.25) is 0 Å². The van der Waals surface area contributed by atoms with Crippen LogP contribution in [0.5, 0.6) is 0 Å². The van der Waals surface area contributed by atoms with Crippen LogP contribution in [0.4, 0.5) is 5.82 Å². The van der Waals surface area contributed by atoms with E-state index in [9.17, 15) is 0 Å². The van der Waals surface area contributed by atoms with Crippen molar-refractivity contribution in [3.05, 3.63) is 46.4 Å². The third-order valence-electron chi connectivity index (χ3n) is 3.39. The van der Waals surface area contributed by atoms with Crippen molar-refractivity contribution in [3.8, 4) is 11.3 Å². The average molecular weight is 388 g/mol. The molecule has 0 radical (unpaired) electrons. The first-order valence-electron chi connectivity index (χ1n) is 6.27. The fraction of sp³-hybridized carbons (Fsp3) is 0. The number of rotatable bonds is 1. The molecule has 102 valence electrons. The van der Waals surface area contributed by atoms with Crippen LogP contribution >= 0.6 is 22.6 Å². The molecule has 0 saturated heterocycles. The van der Waals surface area contributed by atoms with Gasteiger partial charge >= 0.3 is 0 Å². The van der Waals surface area contributed by atoms with E-state index in [2.05, 4.69) is 37.8 Å². The number of hydrogen-bond donors (Lipinski definition) is 1. The number of anilines is 1. The molecule has 4 aromatic rings. The fourth-order valence-electron chi connectivity index (χ4n) is 2.39. The van der Waals surface area contributed by atoms with E-state index in [1.54, 1.807) is 18.6 Å². The van der Waals surface area contributed by atoms with Crippen molar-refractivity contribution in [1.29, 1.82) is 0 Å². The third-order valence-corrected chi connectivity index (χ3v) is 4.25. The Labute approximate surface area is 133 Å². The van der Waals surface area contributed by atoms with Gasteiger partial charge in [-0.05, 0) is 28.7 Å². The van der Waals surface area contributed by atoms with Crippen LogP contribution in [-0.2, 0) is 0 Å². The molecular formula is C15H9IN4O. The van der Waals surface area contributed by atoms with E-state index in [0.717, 1.165) is 31.1 Å². The minimum atomic E-state index is 0.400. The molecule has 0 saturated carbocycles. The van der Waals surface area contributed by atoms with Crippen molar-refractivity contribution >= 4 is 50.2 Å². The number of aromatic nitrogens is 3. The van der Waals surface area contributed by atoms with Gasteiger partial charge < -0.3 is 10.2 Å². The first kappa shape index (κ1) is 12.5. The standard InChI is InChI=1S/C15H9IN4O/c16-12-7-18-15(17)14-10(12)4-13(21-14)9-3-1-2-8-5-19-20-6-11(8)9/h1-7H,(H2,17,18). The summed E-state index contributed by atoms with van der Waals surface area (Å²) in [6, 6.07) is 7.96. The summed E-state index contributed by atoms with van der Waals surface area (Å²) in [5.41, 5.74) is 7.49. The van der Waals surface area contributed by atoms with Crippen molar-refractivity contribution < 1.29 is 4.42 Å². The number of nitrogens with two attached hydrogens (primary N) is 1. The predicted octanol–water partition coefficient (Wildman–Crippen LogP) is 3.62. The van der Waals surface area contributed by atoms with E-state index in [-0.39, 0.29) is 0 Å².